The van der Waals surface area contributed by atoms with Gasteiger partial charge in [-0.05, 0) is 104 Å². The van der Waals surface area contributed by atoms with Gasteiger partial charge in [0.25, 0.3) is 11.8 Å². The van der Waals surface area contributed by atoms with Gasteiger partial charge in [0.15, 0.2) is 0 Å². The number of halogens is 1. The molecule has 5 aromatic carbocycles. The molecule has 3 aliphatic heterocycles. The molecule has 0 spiro atoms. The number of nitriles is 1. The zero-order valence-corrected chi connectivity index (χ0v) is 38.9. The minimum absolute atomic E-state index is 0.00944. The van der Waals surface area contributed by atoms with Crippen LogP contribution in [0.25, 0.3) is 11.1 Å². The highest BCUT2D eigenvalue weighted by Crippen LogP contribution is 2.37. The van der Waals surface area contributed by atoms with Gasteiger partial charge in [-0.2, -0.15) is 5.26 Å². The Kier molecular flexibility index (Phi) is 15.5. The van der Waals surface area contributed by atoms with Crippen molar-refractivity contribution < 1.29 is 33.4 Å². The fourth-order valence-electron chi connectivity index (χ4n) is 9.28. The number of piperidine rings is 2. The fraction of sp³-hybridized carbons (Fsp3) is 0.333. The summed E-state index contributed by atoms with van der Waals surface area (Å²) in [7, 11) is 0. The number of hydrogen-bond acceptors (Lipinski definition) is 10. The topological polar surface area (TPSA) is 170 Å². The number of fused-ring (bicyclic) bond motifs is 1. The van der Waals surface area contributed by atoms with Crippen LogP contribution in [0.4, 0.5) is 5.69 Å². The first-order valence-corrected chi connectivity index (χ1v) is 23.8. The SMILES string of the molecule is Cc1c(COc2cc(OCc3cccc(C#N)c3)c(CN3CCCCC3C(=O)NCCCCCCNc3cccc4c3C(=O)N(C3CCC(=O)NC3=O)C4=O)cc2Cl)cccc1-c1ccccc1. The fourth-order valence-corrected chi connectivity index (χ4v) is 9.52. The molecule has 3 aliphatic rings. The van der Waals surface area contributed by atoms with Crippen LogP contribution in [-0.4, -0.2) is 71.1 Å². The van der Waals surface area contributed by atoms with Crippen LogP contribution in [-0.2, 0) is 34.1 Å². The van der Waals surface area contributed by atoms with Crippen molar-refractivity contribution in [2.45, 2.75) is 96.6 Å². The van der Waals surface area contributed by atoms with E-state index < -0.39 is 29.7 Å². The summed E-state index contributed by atoms with van der Waals surface area (Å²) in [6, 6.07) is 33.4. The molecule has 13 nitrogen and oxygen atoms in total. The molecule has 0 aromatic heterocycles. The molecule has 2 saturated heterocycles. The van der Waals surface area contributed by atoms with E-state index in [0.29, 0.717) is 54.0 Å². The van der Waals surface area contributed by atoms with Crippen molar-refractivity contribution in [1.29, 1.82) is 5.26 Å². The monoisotopic (exact) mass is 934 g/mol. The van der Waals surface area contributed by atoms with E-state index in [-0.39, 0.29) is 42.5 Å². The number of hydrogen-bond donors (Lipinski definition) is 3. The Balaban J connectivity index is 0.851. The number of imide groups is 2. The van der Waals surface area contributed by atoms with E-state index >= 15 is 0 Å². The van der Waals surface area contributed by atoms with Gasteiger partial charge in [0.05, 0.1) is 33.8 Å². The summed E-state index contributed by atoms with van der Waals surface area (Å²) in [5.41, 5.74) is 7.67. The molecule has 5 aromatic rings. The Morgan fingerprint density at radius 1 is 0.794 bits per heavy atom. The van der Waals surface area contributed by atoms with Crippen LogP contribution in [0.3, 0.4) is 0 Å². The number of anilines is 1. The van der Waals surface area contributed by atoms with Gasteiger partial charge >= 0.3 is 0 Å². The zero-order chi connectivity index (χ0) is 47.6. The number of likely N-dealkylation sites (tertiary alicyclic amines) is 1. The number of benzene rings is 5. The Morgan fingerprint density at radius 2 is 1.56 bits per heavy atom. The van der Waals surface area contributed by atoms with Crippen molar-refractivity contribution in [3.8, 4) is 28.7 Å². The minimum Gasteiger partial charge on any atom is -0.488 e. The summed E-state index contributed by atoms with van der Waals surface area (Å²) in [5, 5.41) is 18.7. The molecule has 8 rings (SSSR count). The summed E-state index contributed by atoms with van der Waals surface area (Å²) in [4.78, 5) is 67.7. The lowest BCUT2D eigenvalue weighted by atomic mass is 9.97. The van der Waals surface area contributed by atoms with Gasteiger partial charge in [-0.15, -0.1) is 0 Å². The minimum atomic E-state index is -1.02. The second-order valence-corrected chi connectivity index (χ2v) is 17.9. The first-order chi connectivity index (χ1) is 33.1. The Bertz CT molecular complexity index is 2740. The van der Waals surface area contributed by atoms with Crippen LogP contribution < -0.4 is 25.4 Å². The van der Waals surface area contributed by atoms with Crippen LogP contribution in [0.1, 0.15) is 106 Å². The molecule has 0 saturated carbocycles. The van der Waals surface area contributed by atoms with E-state index in [1.807, 2.05) is 54.6 Å². The third kappa shape index (κ3) is 11.0. The summed E-state index contributed by atoms with van der Waals surface area (Å²) >= 11 is 6.98. The van der Waals surface area contributed by atoms with E-state index in [1.54, 1.807) is 24.3 Å². The molecule has 3 heterocycles. The van der Waals surface area contributed by atoms with Crippen molar-refractivity contribution in [3.05, 3.63) is 147 Å². The third-order valence-electron chi connectivity index (χ3n) is 13.0. The lowest BCUT2D eigenvalue weighted by Crippen LogP contribution is -2.54. The predicted molar refractivity (Wildman–Crippen MR) is 259 cm³/mol. The average molecular weight is 936 g/mol. The maximum atomic E-state index is 13.8. The van der Waals surface area contributed by atoms with Crippen molar-refractivity contribution in [2.75, 3.05) is 25.0 Å². The Morgan fingerprint density at radius 3 is 2.37 bits per heavy atom. The molecule has 0 radical (unpaired) electrons. The van der Waals surface area contributed by atoms with Gasteiger partial charge in [0.2, 0.25) is 17.7 Å². The van der Waals surface area contributed by atoms with E-state index in [9.17, 15) is 29.2 Å². The number of ether oxygens (including phenoxy) is 2. The first-order valence-electron chi connectivity index (χ1n) is 23.4. The van der Waals surface area contributed by atoms with Crippen molar-refractivity contribution in [2.24, 2.45) is 0 Å². The highest BCUT2D eigenvalue weighted by atomic mass is 35.5. The summed E-state index contributed by atoms with van der Waals surface area (Å²) in [6.45, 7) is 4.90. The van der Waals surface area contributed by atoms with E-state index in [1.165, 1.54) is 0 Å². The van der Waals surface area contributed by atoms with Gasteiger partial charge < -0.3 is 20.1 Å². The smallest absolute Gasteiger partial charge is 0.264 e. The second-order valence-electron chi connectivity index (χ2n) is 17.5. The van der Waals surface area contributed by atoms with Crippen LogP contribution in [0.15, 0.2) is 103 Å². The molecule has 350 valence electrons. The lowest BCUT2D eigenvalue weighted by Gasteiger charge is -2.35. The number of amides is 5. The molecular formula is C54H55ClN6O7. The molecular weight excluding hydrogens is 880 g/mol. The highest BCUT2D eigenvalue weighted by molar-refractivity contribution is 6.32. The van der Waals surface area contributed by atoms with Crippen molar-refractivity contribution in [1.82, 2.24) is 20.4 Å². The zero-order valence-electron chi connectivity index (χ0n) is 38.2. The van der Waals surface area contributed by atoms with Crippen molar-refractivity contribution in [3.63, 3.8) is 0 Å². The van der Waals surface area contributed by atoms with Gasteiger partial charge in [-0.3, -0.25) is 39.1 Å². The quantitative estimate of drug-likeness (QED) is 0.0537. The lowest BCUT2D eigenvalue weighted by molar-refractivity contribution is -0.136. The Hall–Kier alpha value is -7.01. The number of nitrogens with one attached hydrogen (secondary N) is 3. The first kappa shape index (κ1) is 47.5. The second kappa shape index (κ2) is 22.2. The molecule has 2 atom stereocenters. The molecule has 5 amide bonds. The van der Waals surface area contributed by atoms with Gasteiger partial charge in [-0.25, -0.2) is 0 Å². The summed E-state index contributed by atoms with van der Waals surface area (Å²) in [5.74, 6) is -1.07. The number of carbonyl (C=O) groups excluding carboxylic acids is 5. The molecule has 2 fully saturated rings. The molecule has 0 bridgehead atoms. The predicted octanol–water partition coefficient (Wildman–Crippen LogP) is 8.89. The van der Waals surface area contributed by atoms with Gasteiger partial charge in [-0.1, -0.05) is 97.6 Å². The Labute approximate surface area is 401 Å². The number of nitrogens with zero attached hydrogens (tertiary/aromatic N) is 3. The molecule has 68 heavy (non-hydrogen) atoms. The van der Waals surface area contributed by atoms with E-state index in [0.717, 1.165) is 89.8 Å². The van der Waals surface area contributed by atoms with Crippen LogP contribution in [0.2, 0.25) is 5.02 Å². The van der Waals surface area contributed by atoms with Crippen molar-refractivity contribution >= 4 is 46.8 Å². The average Bonchev–Trinajstić information content (AvgIpc) is 3.61. The molecule has 2 unspecified atom stereocenters. The molecule has 3 N–H and O–H groups in total. The van der Waals surface area contributed by atoms with Gasteiger partial charge in [0.1, 0.15) is 30.8 Å². The standard InChI is InChI=1S/C54H55ClN6O7/c1-35-39(18-12-19-41(35)38-16-5-4-6-17-38)34-68-48-30-47(67-33-37-15-11-14-36(28-37)31-56)40(29-43(48)55)32-60-27-10-7-22-45(60)51(63)58-26-9-3-2-8-25-57-44-21-13-20-42-50(44)54(66)61(53(42)65)46-23-24-49(62)59-52(46)64/h4-6,11-21,28-30,45-46,57H,2-3,7-10,22-27,32-34H2,1H3,(H,58,63)(H,59,62,64). The number of unbranched alkanes of at least 4 members (excludes halogenated alkanes) is 3. The maximum Gasteiger partial charge on any atom is 0.264 e. The molecule has 14 heteroatoms. The number of rotatable bonds is 19. The van der Waals surface area contributed by atoms with Crippen LogP contribution in [0.5, 0.6) is 11.5 Å². The highest BCUT2D eigenvalue weighted by Gasteiger charge is 2.45. The van der Waals surface area contributed by atoms with E-state index in [4.69, 9.17) is 21.1 Å². The summed E-state index contributed by atoms with van der Waals surface area (Å²) in [6.07, 6.45) is 6.15. The number of carbonyl (C=O) groups is 5. The third-order valence-corrected chi connectivity index (χ3v) is 13.3. The van der Waals surface area contributed by atoms with Crippen LogP contribution in [0, 0.1) is 18.3 Å². The van der Waals surface area contributed by atoms with Crippen LogP contribution >= 0.6 is 11.6 Å². The van der Waals surface area contributed by atoms with Gasteiger partial charge in [0, 0.05) is 43.4 Å². The maximum absolute atomic E-state index is 13.8. The largest absolute Gasteiger partial charge is 0.488 e. The molecule has 0 aliphatic carbocycles. The normalized spacial score (nSPS) is 17.0. The van der Waals surface area contributed by atoms with E-state index in [2.05, 4.69) is 58.1 Å². The summed E-state index contributed by atoms with van der Waals surface area (Å²) < 4.78 is 12.9.